The van der Waals surface area contributed by atoms with Crippen LogP contribution in [0.25, 0.3) is 6.08 Å². The molecule has 0 saturated carbocycles. The summed E-state index contributed by atoms with van der Waals surface area (Å²) in [5.74, 6) is -0.224. The molecule has 1 fully saturated rings. The second kappa shape index (κ2) is 5.56. The summed E-state index contributed by atoms with van der Waals surface area (Å²) in [5, 5.41) is 11.6. The van der Waals surface area contributed by atoms with E-state index < -0.39 is 11.1 Å². The smallest absolute Gasteiger partial charge is 0.290 e. The predicted octanol–water partition coefficient (Wildman–Crippen LogP) is 3.25. The van der Waals surface area contributed by atoms with Gasteiger partial charge in [0.05, 0.1) is 16.5 Å². The zero-order chi connectivity index (χ0) is 14.2. The number of imide groups is 1. The van der Waals surface area contributed by atoms with E-state index >= 15 is 0 Å². The molecule has 1 aliphatic rings. The Kier molecular flexibility index (Phi) is 4.22. The predicted molar refractivity (Wildman–Crippen MR) is 79.2 cm³/mol. The molecule has 0 unspecified atom stereocenters. The molecule has 1 heterocycles. The van der Waals surface area contributed by atoms with Crippen LogP contribution in [0.15, 0.2) is 19.9 Å². The lowest BCUT2D eigenvalue weighted by Gasteiger charge is -2.09. The van der Waals surface area contributed by atoms with E-state index in [1.54, 1.807) is 12.1 Å². The second-order valence-electron chi connectivity index (χ2n) is 3.50. The van der Waals surface area contributed by atoms with Crippen molar-refractivity contribution in [2.24, 2.45) is 0 Å². The summed E-state index contributed by atoms with van der Waals surface area (Å²) in [6.07, 6.45) is 1.54. The number of hydrogen-bond donors (Lipinski definition) is 2. The standard InChI is InChI=1S/C11H7Br2NO4S/c1-18-5-2-4(7(12)8(13)9(5)15)3-6-10(16)14-11(17)19-6/h2-3,15H,1H3,(H,14,16,17)/b6-3-. The molecule has 0 bridgehead atoms. The number of ether oxygens (including phenoxy) is 1. The van der Waals surface area contributed by atoms with E-state index in [9.17, 15) is 14.7 Å². The SMILES string of the molecule is COc1cc(/C=C2\SC(=O)NC2=O)c(Br)c(Br)c1O. The third-order valence-corrected chi connectivity index (χ3v) is 5.29. The molecular weight excluding hydrogens is 402 g/mol. The minimum absolute atomic E-state index is 0.0453. The highest BCUT2D eigenvalue weighted by molar-refractivity contribution is 9.13. The fraction of sp³-hybridized carbons (Fsp3) is 0.0909. The molecule has 0 radical (unpaired) electrons. The Morgan fingerprint density at radius 1 is 1.37 bits per heavy atom. The van der Waals surface area contributed by atoms with Gasteiger partial charge < -0.3 is 9.84 Å². The van der Waals surface area contributed by atoms with Crippen molar-refractivity contribution in [1.82, 2.24) is 5.32 Å². The zero-order valence-corrected chi connectivity index (χ0v) is 13.5. The first-order chi connectivity index (χ1) is 8.93. The molecule has 0 spiro atoms. The molecule has 2 N–H and O–H groups in total. The average Bonchev–Trinajstić information content (AvgIpc) is 2.68. The highest BCUT2D eigenvalue weighted by Crippen LogP contribution is 2.43. The molecule has 1 aromatic rings. The van der Waals surface area contributed by atoms with Crippen LogP contribution < -0.4 is 10.1 Å². The van der Waals surface area contributed by atoms with Crippen molar-refractivity contribution in [3.63, 3.8) is 0 Å². The van der Waals surface area contributed by atoms with Crippen LogP contribution in [0, 0.1) is 0 Å². The molecule has 100 valence electrons. The number of hydrogen-bond acceptors (Lipinski definition) is 5. The average molecular weight is 409 g/mol. The zero-order valence-electron chi connectivity index (χ0n) is 9.49. The van der Waals surface area contributed by atoms with E-state index in [0.29, 0.717) is 14.5 Å². The van der Waals surface area contributed by atoms with Gasteiger partial charge in [0.2, 0.25) is 0 Å². The van der Waals surface area contributed by atoms with Crippen LogP contribution in [-0.4, -0.2) is 23.4 Å². The van der Waals surface area contributed by atoms with Crippen molar-refractivity contribution in [2.75, 3.05) is 7.11 Å². The Labute approximate surface area is 129 Å². The van der Waals surface area contributed by atoms with Gasteiger partial charge >= 0.3 is 0 Å². The lowest BCUT2D eigenvalue weighted by molar-refractivity contribution is -0.115. The molecule has 2 amide bonds. The van der Waals surface area contributed by atoms with Crippen molar-refractivity contribution >= 4 is 60.8 Å². The fourth-order valence-corrected chi connectivity index (χ4v) is 2.95. The quantitative estimate of drug-likeness (QED) is 0.734. The van der Waals surface area contributed by atoms with Gasteiger partial charge in [-0.25, -0.2) is 0 Å². The first kappa shape index (κ1) is 14.4. The molecule has 1 aliphatic heterocycles. The molecule has 19 heavy (non-hydrogen) atoms. The largest absolute Gasteiger partial charge is 0.503 e. The number of amides is 2. The van der Waals surface area contributed by atoms with E-state index in [4.69, 9.17) is 4.74 Å². The van der Waals surface area contributed by atoms with Crippen molar-refractivity contribution < 1.29 is 19.4 Å². The topological polar surface area (TPSA) is 75.6 Å². The Morgan fingerprint density at radius 3 is 2.58 bits per heavy atom. The van der Waals surface area contributed by atoms with E-state index in [0.717, 1.165) is 11.8 Å². The van der Waals surface area contributed by atoms with Crippen LogP contribution >= 0.6 is 43.6 Å². The van der Waals surface area contributed by atoms with E-state index in [2.05, 4.69) is 37.2 Å². The van der Waals surface area contributed by atoms with Crippen LogP contribution in [0.5, 0.6) is 11.5 Å². The maximum atomic E-state index is 11.5. The maximum Gasteiger partial charge on any atom is 0.290 e. The van der Waals surface area contributed by atoms with Crippen LogP contribution in [0.1, 0.15) is 5.56 Å². The van der Waals surface area contributed by atoms with Crippen LogP contribution in [0.3, 0.4) is 0 Å². The Morgan fingerprint density at radius 2 is 2.05 bits per heavy atom. The molecule has 1 saturated heterocycles. The fourth-order valence-electron chi connectivity index (χ4n) is 1.43. The molecule has 1 aromatic carbocycles. The summed E-state index contributed by atoms with van der Waals surface area (Å²) in [4.78, 5) is 22.8. The van der Waals surface area contributed by atoms with Gasteiger partial charge in [-0.3, -0.25) is 14.9 Å². The maximum absolute atomic E-state index is 11.5. The van der Waals surface area contributed by atoms with Crippen LogP contribution in [0.2, 0.25) is 0 Å². The molecular formula is C11H7Br2NO4S. The first-order valence-electron chi connectivity index (χ1n) is 4.94. The number of phenols is 1. The van der Waals surface area contributed by atoms with Crippen molar-refractivity contribution in [3.05, 3.63) is 25.5 Å². The van der Waals surface area contributed by atoms with E-state index in [1.165, 1.54) is 7.11 Å². The van der Waals surface area contributed by atoms with Gasteiger partial charge in [-0.15, -0.1) is 0 Å². The van der Waals surface area contributed by atoms with Crippen LogP contribution in [-0.2, 0) is 4.79 Å². The summed E-state index contributed by atoms with van der Waals surface area (Å²) < 4.78 is 6.00. The number of halogens is 2. The lowest BCUT2D eigenvalue weighted by Crippen LogP contribution is -2.17. The van der Waals surface area contributed by atoms with Gasteiger partial charge in [-0.05, 0) is 61.3 Å². The van der Waals surface area contributed by atoms with Gasteiger partial charge in [-0.2, -0.15) is 0 Å². The number of nitrogens with one attached hydrogen (secondary N) is 1. The van der Waals surface area contributed by atoms with Gasteiger partial charge in [0.25, 0.3) is 11.1 Å². The molecule has 2 rings (SSSR count). The minimum Gasteiger partial charge on any atom is -0.503 e. The molecule has 5 nitrogen and oxygen atoms in total. The molecule has 0 aliphatic carbocycles. The number of methoxy groups -OCH3 is 1. The molecule has 0 aromatic heterocycles. The number of phenolic OH excluding ortho intramolecular Hbond substituents is 1. The minimum atomic E-state index is -0.440. The van der Waals surface area contributed by atoms with E-state index in [-0.39, 0.29) is 16.4 Å². The monoisotopic (exact) mass is 407 g/mol. The van der Waals surface area contributed by atoms with Crippen molar-refractivity contribution in [2.45, 2.75) is 0 Å². The third-order valence-electron chi connectivity index (χ3n) is 2.32. The summed E-state index contributed by atoms with van der Waals surface area (Å²) in [5.41, 5.74) is 0.605. The van der Waals surface area contributed by atoms with Crippen molar-refractivity contribution in [3.8, 4) is 11.5 Å². The number of aromatic hydroxyl groups is 1. The van der Waals surface area contributed by atoms with Gasteiger partial charge in [0, 0.05) is 4.47 Å². The Hall–Kier alpha value is -0.990. The van der Waals surface area contributed by atoms with E-state index in [1.807, 2.05) is 0 Å². The summed E-state index contributed by atoms with van der Waals surface area (Å²) in [6.45, 7) is 0. The Bertz CT molecular complexity index is 615. The van der Waals surface area contributed by atoms with Crippen molar-refractivity contribution in [1.29, 1.82) is 0 Å². The molecule has 8 heteroatoms. The third kappa shape index (κ3) is 2.80. The van der Waals surface area contributed by atoms with Gasteiger partial charge in [0.1, 0.15) is 0 Å². The summed E-state index contributed by atoms with van der Waals surface area (Å²) in [7, 11) is 1.42. The number of benzene rings is 1. The highest BCUT2D eigenvalue weighted by Gasteiger charge is 2.26. The first-order valence-corrected chi connectivity index (χ1v) is 7.34. The van der Waals surface area contributed by atoms with Gasteiger partial charge in [0.15, 0.2) is 11.5 Å². The van der Waals surface area contributed by atoms with Gasteiger partial charge in [-0.1, -0.05) is 0 Å². The number of thioether (sulfide) groups is 1. The number of carbonyl (C=O) groups excluding carboxylic acids is 2. The summed E-state index contributed by atoms with van der Waals surface area (Å²) in [6, 6.07) is 1.56. The second-order valence-corrected chi connectivity index (χ2v) is 6.10. The van der Waals surface area contributed by atoms with Crippen LogP contribution in [0.4, 0.5) is 4.79 Å². The summed E-state index contributed by atoms with van der Waals surface area (Å²) >= 11 is 7.34. The Balaban J connectivity index is 2.52. The molecule has 0 atom stereocenters. The normalized spacial score (nSPS) is 16.9. The number of carbonyl (C=O) groups is 2. The lowest BCUT2D eigenvalue weighted by atomic mass is 10.2. The number of rotatable bonds is 2. The highest BCUT2D eigenvalue weighted by atomic mass is 79.9.